The molecule has 0 aliphatic carbocycles. The summed E-state index contributed by atoms with van der Waals surface area (Å²) in [5, 5.41) is 7.84. The van der Waals surface area contributed by atoms with Gasteiger partial charge in [-0.3, -0.25) is 9.59 Å². The van der Waals surface area contributed by atoms with Crippen LogP contribution in [0.4, 0.5) is 10.1 Å². The summed E-state index contributed by atoms with van der Waals surface area (Å²) < 4.78 is 14.5. The quantitative estimate of drug-likeness (QED) is 0.748. The van der Waals surface area contributed by atoms with E-state index in [1.54, 1.807) is 24.3 Å². The Balaban J connectivity index is 2.09. The molecule has 0 atom stereocenters. The van der Waals surface area contributed by atoms with Gasteiger partial charge in [-0.2, -0.15) is 5.10 Å². The number of carbonyl (C=O) groups is 1. The number of carbonyl (C=O) groups excluding carboxylic acids is 1. The Bertz CT molecular complexity index is 1050. The molecule has 0 saturated carbocycles. The summed E-state index contributed by atoms with van der Waals surface area (Å²) in [5.41, 5.74) is 0.137. The van der Waals surface area contributed by atoms with Crippen LogP contribution in [0, 0.1) is 11.7 Å². The Hall–Kier alpha value is -2.73. The molecule has 7 heteroatoms. The summed E-state index contributed by atoms with van der Waals surface area (Å²) in [6, 6.07) is 10.5. The lowest BCUT2D eigenvalue weighted by atomic mass is 10.1. The van der Waals surface area contributed by atoms with E-state index in [2.05, 4.69) is 10.4 Å². The zero-order chi connectivity index (χ0) is 18.8. The Morgan fingerprint density at radius 2 is 1.92 bits per heavy atom. The number of hydrogen-bond donors (Lipinski definition) is 1. The lowest BCUT2D eigenvalue weighted by Gasteiger charge is -2.13. The highest BCUT2D eigenvalue weighted by atomic mass is 35.5. The SMILES string of the molecule is CC(C)Cn1nc(C(=O)Nc2ccc(F)cc2Cl)c2ccccc2c1=O. The molecule has 0 unspecified atom stereocenters. The Labute approximate surface area is 154 Å². The third kappa shape index (κ3) is 3.60. The minimum Gasteiger partial charge on any atom is -0.319 e. The zero-order valence-electron chi connectivity index (χ0n) is 14.3. The topological polar surface area (TPSA) is 64.0 Å². The molecule has 1 amide bonds. The fourth-order valence-electron chi connectivity index (χ4n) is 2.64. The Morgan fingerprint density at radius 3 is 2.58 bits per heavy atom. The number of hydrogen-bond acceptors (Lipinski definition) is 3. The van der Waals surface area contributed by atoms with Crippen LogP contribution in [0.2, 0.25) is 5.02 Å². The molecule has 1 N–H and O–H groups in total. The minimum absolute atomic E-state index is 0.0816. The highest BCUT2D eigenvalue weighted by molar-refractivity contribution is 6.34. The maximum Gasteiger partial charge on any atom is 0.276 e. The zero-order valence-corrected chi connectivity index (χ0v) is 15.0. The third-order valence-corrected chi connectivity index (χ3v) is 4.11. The highest BCUT2D eigenvalue weighted by Crippen LogP contribution is 2.23. The first-order valence-electron chi connectivity index (χ1n) is 8.13. The summed E-state index contributed by atoms with van der Waals surface area (Å²) in [4.78, 5) is 25.4. The summed E-state index contributed by atoms with van der Waals surface area (Å²) in [5.74, 6) is -0.835. The molecular formula is C19H17ClFN3O2. The summed E-state index contributed by atoms with van der Waals surface area (Å²) in [7, 11) is 0. The monoisotopic (exact) mass is 373 g/mol. The van der Waals surface area contributed by atoms with Gasteiger partial charge >= 0.3 is 0 Å². The number of benzene rings is 2. The van der Waals surface area contributed by atoms with Gasteiger partial charge in [0.15, 0.2) is 5.69 Å². The van der Waals surface area contributed by atoms with Crippen molar-refractivity contribution >= 4 is 34.0 Å². The van der Waals surface area contributed by atoms with E-state index in [9.17, 15) is 14.0 Å². The highest BCUT2D eigenvalue weighted by Gasteiger charge is 2.18. The molecule has 1 aromatic heterocycles. The van der Waals surface area contributed by atoms with Crippen molar-refractivity contribution in [2.75, 3.05) is 5.32 Å². The summed E-state index contributed by atoms with van der Waals surface area (Å²) in [6.45, 7) is 4.31. The first kappa shape index (κ1) is 18.1. The Kier molecular flexibility index (Phi) is 5.04. The molecule has 0 spiro atoms. The van der Waals surface area contributed by atoms with Crippen molar-refractivity contribution in [1.82, 2.24) is 9.78 Å². The molecule has 3 rings (SSSR count). The van der Waals surface area contributed by atoms with Crippen LogP contribution in [0.25, 0.3) is 10.8 Å². The van der Waals surface area contributed by atoms with Crippen molar-refractivity contribution in [2.24, 2.45) is 5.92 Å². The van der Waals surface area contributed by atoms with Gasteiger partial charge in [-0.15, -0.1) is 0 Å². The van der Waals surface area contributed by atoms with Gasteiger partial charge in [-0.25, -0.2) is 9.07 Å². The third-order valence-electron chi connectivity index (χ3n) is 3.80. The minimum atomic E-state index is -0.521. The second-order valence-corrected chi connectivity index (χ2v) is 6.76. The van der Waals surface area contributed by atoms with Gasteiger partial charge < -0.3 is 5.32 Å². The molecule has 0 aliphatic heterocycles. The molecule has 26 heavy (non-hydrogen) atoms. The first-order valence-corrected chi connectivity index (χ1v) is 8.51. The molecular weight excluding hydrogens is 357 g/mol. The van der Waals surface area contributed by atoms with Crippen LogP contribution in [0.3, 0.4) is 0 Å². The van der Waals surface area contributed by atoms with E-state index in [1.165, 1.54) is 16.8 Å². The van der Waals surface area contributed by atoms with Crippen molar-refractivity contribution in [2.45, 2.75) is 20.4 Å². The molecule has 3 aromatic rings. The number of amides is 1. The van der Waals surface area contributed by atoms with Crippen molar-refractivity contribution in [3.8, 4) is 0 Å². The molecule has 0 saturated heterocycles. The molecule has 0 fully saturated rings. The lowest BCUT2D eigenvalue weighted by Crippen LogP contribution is -2.29. The number of rotatable bonds is 4. The van der Waals surface area contributed by atoms with Crippen LogP contribution in [0.15, 0.2) is 47.3 Å². The van der Waals surface area contributed by atoms with E-state index in [0.717, 1.165) is 6.07 Å². The average molecular weight is 374 g/mol. The van der Waals surface area contributed by atoms with E-state index < -0.39 is 11.7 Å². The molecule has 2 aromatic carbocycles. The maximum atomic E-state index is 13.2. The smallest absolute Gasteiger partial charge is 0.276 e. The van der Waals surface area contributed by atoms with E-state index in [-0.39, 0.29) is 27.9 Å². The molecule has 0 radical (unpaired) electrons. The van der Waals surface area contributed by atoms with E-state index in [4.69, 9.17) is 11.6 Å². The maximum absolute atomic E-state index is 13.2. The van der Waals surface area contributed by atoms with Crippen LogP contribution >= 0.6 is 11.6 Å². The predicted octanol–water partition coefficient (Wildman–Crippen LogP) is 4.10. The van der Waals surface area contributed by atoms with Crippen LogP contribution in [0.5, 0.6) is 0 Å². The second-order valence-electron chi connectivity index (χ2n) is 6.35. The van der Waals surface area contributed by atoms with Crippen LogP contribution in [-0.2, 0) is 6.54 Å². The number of nitrogens with one attached hydrogen (secondary N) is 1. The standard InChI is InChI=1S/C19H17ClFN3O2/c1-11(2)10-24-19(26)14-6-4-3-5-13(14)17(23-24)18(25)22-16-8-7-12(21)9-15(16)20/h3-9,11H,10H2,1-2H3,(H,22,25). The fraction of sp³-hybridized carbons (Fsp3) is 0.211. The molecule has 5 nitrogen and oxygen atoms in total. The average Bonchev–Trinajstić information content (AvgIpc) is 2.59. The van der Waals surface area contributed by atoms with Gasteiger partial charge in [0.05, 0.1) is 16.1 Å². The molecule has 0 aliphatic rings. The van der Waals surface area contributed by atoms with Crippen LogP contribution in [-0.4, -0.2) is 15.7 Å². The second kappa shape index (κ2) is 7.25. The summed E-state index contributed by atoms with van der Waals surface area (Å²) in [6.07, 6.45) is 0. The van der Waals surface area contributed by atoms with E-state index in [0.29, 0.717) is 17.3 Å². The number of anilines is 1. The van der Waals surface area contributed by atoms with Gasteiger partial charge in [-0.1, -0.05) is 43.6 Å². The van der Waals surface area contributed by atoms with Crippen molar-refractivity contribution < 1.29 is 9.18 Å². The number of nitrogens with zero attached hydrogens (tertiary/aromatic N) is 2. The van der Waals surface area contributed by atoms with Gasteiger partial charge in [0.1, 0.15) is 5.82 Å². The van der Waals surface area contributed by atoms with Gasteiger partial charge in [0, 0.05) is 11.9 Å². The molecule has 0 bridgehead atoms. The molecule has 1 heterocycles. The largest absolute Gasteiger partial charge is 0.319 e. The predicted molar refractivity (Wildman–Crippen MR) is 100 cm³/mol. The Morgan fingerprint density at radius 1 is 1.23 bits per heavy atom. The van der Waals surface area contributed by atoms with Gasteiger partial charge in [0.25, 0.3) is 11.5 Å². The number of aromatic nitrogens is 2. The van der Waals surface area contributed by atoms with Crippen molar-refractivity contribution in [3.63, 3.8) is 0 Å². The van der Waals surface area contributed by atoms with Crippen LogP contribution in [0.1, 0.15) is 24.3 Å². The fourth-order valence-corrected chi connectivity index (χ4v) is 2.86. The van der Waals surface area contributed by atoms with Crippen molar-refractivity contribution in [1.29, 1.82) is 0 Å². The van der Waals surface area contributed by atoms with E-state index >= 15 is 0 Å². The van der Waals surface area contributed by atoms with Crippen LogP contribution < -0.4 is 10.9 Å². The van der Waals surface area contributed by atoms with Gasteiger partial charge in [0.2, 0.25) is 0 Å². The normalized spacial score (nSPS) is 11.1. The number of halogens is 2. The van der Waals surface area contributed by atoms with Crippen molar-refractivity contribution in [3.05, 3.63) is 69.4 Å². The first-order chi connectivity index (χ1) is 12.4. The lowest BCUT2D eigenvalue weighted by molar-refractivity contribution is 0.102. The number of fused-ring (bicyclic) bond motifs is 1. The summed E-state index contributed by atoms with van der Waals surface area (Å²) >= 11 is 5.97. The molecule has 134 valence electrons. The van der Waals surface area contributed by atoms with Gasteiger partial charge in [-0.05, 0) is 30.2 Å². The van der Waals surface area contributed by atoms with E-state index in [1.807, 2.05) is 13.8 Å².